The molecule has 0 aliphatic heterocycles. The van der Waals surface area contributed by atoms with E-state index < -0.39 is 0 Å². The molecule has 0 spiro atoms. The van der Waals surface area contributed by atoms with Crippen molar-refractivity contribution < 1.29 is 9.18 Å². The van der Waals surface area contributed by atoms with E-state index in [0.717, 1.165) is 4.47 Å². The van der Waals surface area contributed by atoms with E-state index in [1.165, 1.54) is 12.1 Å². The molecule has 1 heterocycles. The normalized spacial score (nSPS) is 10.5. The molecule has 0 unspecified atom stereocenters. The van der Waals surface area contributed by atoms with Gasteiger partial charge in [0, 0.05) is 33.2 Å². The lowest BCUT2D eigenvalue weighted by Gasteiger charge is -2.10. The summed E-state index contributed by atoms with van der Waals surface area (Å²) in [4.78, 5) is 21.2. The Bertz CT molecular complexity index is 1210. The number of nitrogens with one attached hydrogen (secondary N) is 2. The summed E-state index contributed by atoms with van der Waals surface area (Å²) in [5.74, 6) is 0.371. The maximum absolute atomic E-state index is 13.5. The largest absolute Gasteiger partial charge is 0.340 e. The number of nitrogens with zero attached hydrogens (tertiary/aromatic N) is 2. The zero-order valence-electron chi connectivity index (χ0n) is 15.6. The average Bonchev–Trinajstić information content (AvgIpc) is 2.74. The quantitative estimate of drug-likeness (QED) is 0.379. The highest BCUT2D eigenvalue weighted by molar-refractivity contribution is 9.10. The van der Waals surface area contributed by atoms with Gasteiger partial charge in [0.25, 0.3) is 5.91 Å². The summed E-state index contributed by atoms with van der Waals surface area (Å²) in [5, 5.41) is 6.03. The van der Waals surface area contributed by atoms with E-state index >= 15 is 0 Å². The molecule has 1 aromatic heterocycles. The fourth-order valence-electron chi connectivity index (χ4n) is 2.85. The third-order valence-corrected chi connectivity index (χ3v) is 4.71. The standard InChI is InChI=1S/C23H16BrFN4O/c24-17-6-3-9-20(14-17)28-23(30)16-5-2-8-19(13-16)27-21-10-11-26-22(29-21)15-4-1-7-18(25)12-15/h1-14H,(H,28,30)(H,26,27,29). The van der Waals surface area contributed by atoms with E-state index in [9.17, 15) is 9.18 Å². The number of carbonyl (C=O) groups is 1. The lowest BCUT2D eigenvalue weighted by atomic mass is 10.1. The van der Waals surface area contributed by atoms with Crippen LogP contribution in [0.4, 0.5) is 21.6 Å². The van der Waals surface area contributed by atoms with Gasteiger partial charge in [0.15, 0.2) is 5.82 Å². The van der Waals surface area contributed by atoms with Crippen molar-refractivity contribution in [2.45, 2.75) is 0 Å². The number of rotatable bonds is 5. The number of hydrogen-bond acceptors (Lipinski definition) is 4. The van der Waals surface area contributed by atoms with Gasteiger partial charge in [-0.05, 0) is 54.6 Å². The molecule has 4 rings (SSSR count). The number of halogens is 2. The first-order valence-corrected chi connectivity index (χ1v) is 9.89. The van der Waals surface area contributed by atoms with E-state index in [4.69, 9.17) is 0 Å². The van der Waals surface area contributed by atoms with Gasteiger partial charge in [-0.15, -0.1) is 0 Å². The van der Waals surface area contributed by atoms with Gasteiger partial charge in [-0.2, -0.15) is 0 Å². The molecule has 7 heteroatoms. The van der Waals surface area contributed by atoms with E-state index in [1.807, 2.05) is 30.3 Å². The first kappa shape index (κ1) is 19.7. The number of carbonyl (C=O) groups excluding carboxylic acids is 1. The molecular weight excluding hydrogens is 447 g/mol. The molecular formula is C23H16BrFN4O. The summed E-state index contributed by atoms with van der Waals surface area (Å²) in [6.07, 6.45) is 1.60. The summed E-state index contributed by atoms with van der Waals surface area (Å²) in [6.45, 7) is 0. The van der Waals surface area contributed by atoms with E-state index in [0.29, 0.717) is 34.1 Å². The topological polar surface area (TPSA) is 66.9 Å². The minimum Gasteiger partial charge on any atom is -0.340 e. The molecule has 0 saturated heterocycles. The Morgan fingerprint density at radius 3 is 2.53 bits per heavy atom. The smallest absolute Gasteiger partial charge is 0.255 e. The first-order chi connectivity index (χ1) is 14.6. The van der Waals surface area contributed by atoms with Gasteiger partial charge in [0.05, 0.1) is 0 Å². The molecule has 148 valence electrons. The maximum atomic E-state index is 13.5. The third-order valence-electron chi connectivity index (χ3n) is 4.22. The number of aromatic nitrogens is 2. The lowest BCUT2D eigenvalue weighted by Crippen LogP contribution is -2.12. The second-order valence-corrected chi connectivity index (χ2v) is 7.36. The predicted molar refractivity (Wildman–Crippen MR) is 119 cm³/mol. The molecule has 0 radical (unpaired) electrons. The average molecular weight is 463 g/mol. The van der Waals surface area contributed by atoms with Gasteiger partial charge in [0.2, 0.25) is 0 Å². The highest BCUT2D eigenvalue weighted by Crippen LogP contribution is 2.21. The van der Waals surface area contributed by atoms with Crippen LogP contribution in [0.15, 0.2) is 89.5 Å². The Kier molecular flexibility index (Phi) is 5.81. The van der Waals surface area contributed by atoms with Gasteiger partial charge in [0.1, 0.15) is 11.6 Å². The Balaban J connectivity index is 1.52. The first-order valence-electron chi connectivity index (χ1n) is 9.10. The number of anilines is 3. The molecule has 0 saturated carbocycles. The number of amides is 1. The molecule has 5 nitrogen and oxygen atoms in total. The highest BCUT2D eigenvalue weighted by atomic mass is 79.9. The summed E-state index contributed by atoms with van der Waals surface area (Å²) < 4.78 is 14.4. The van der Waals surface area contributed by atoms with Crippen molar-refractivity contribution in [3.63, 3.8) is 0 Å². The second kappa shape index (κ2) is 8.84. The van der Waals surface area contributed by atoms with Gasteiger partial charge < -0.3 is 10.6 Å². The van der Waals surface area contributed by atoms with Crippen LogP contribution in [0.2, 0.25) is 0 Å². The van der Waals surface area contributed by atoms with Crippen LogP contribution in [-0.4, -0.2) is 15.9 Å². The van der Waals surface area contributed by atoms with Crippen LogP contribution in [-0.2, 0) is 0 Å². The van der Waals surface area contributed by atoms with Crippen LogP contribution < -0.4 is 10.6 Å². The minimum absolute atomic E-state index is 0.222. The van der Waals surface area contributed by atoms with E-state index in [1.54, 1.807) is 42.6 Å². The zero-order valence-corrected chi connectivity index (χ0v) is 17.2. The fourth-order valence-corrected chi connectivity index (χ4v) is 3.25. The Labute approximate surface area is 181 Å². The molecule has 2 N–H and O–H groups in total. The summed E-state index contributed by atoms with van der Waals surface area (Å²) >= 11 is 3.39. The van der Waals surface area contributed by atoms with Crippen molar-refractivity contribution in [2.24, 2.45) is 0 Å². The number of hydrogen-bond donors (Lipinski definition) is 2. The third kappa shape index (κ3) is 4.87. The van der Waals surface area contributed by atoms with Crippen molar-refractivity contribution >= 4 is 39.0 Å². The predicted octanol–water partition coefficient (Wildman–Crippen LogP) is 6.04. The van der Waals surface area contributed by atoms with Crippen LogP contribution in [0, 0.1) is 5.82 Å². The van der Waals surface area contributed by atoms with Crippen LogP contribution >= 0.6 is 15.9 Å². The van der Waals surface area contributed by atoms with Crippen LogP contribution in [0.25, 0.3) is 11.4 Å². The highest BCUT2D eigenvalue weighted by Gasteiger charge is 2.09. The summed E-state index contributed by atoms with van der Waals surface area (Å²) in [6, 6.07) is 22.3. The summed E-state index contributed by atoms with van der Waals surface area (Å²) in [7, 11) is 0. The number of benzene rings is 3. The van der Waals surface area contributed by atoms with Gasteiger partial charge in [-0.1, -0.05) is 40.2 Å². The molecule has 0 atom stereocenters. The van der Waals surface area contributed by atoms with Crippen molar-refractivity contribution in [1.82, 2.24) is 9.97 Å². The molecule has 0 aliphatic rings. The molecule has 3 aromatic carbocycles. The Morgan fingerprint density at radius 2 is 1.70 bits per heavy atom. The monoisotopic (exact) mass is 462 g/mol. The summed E-state index contributed by atoms with van der Waals surface area (Å²) in [5.41, 5.74) is 2.48. The maximum Gasteiger partial charge on any atom is 0.255 e. The van der Waals surface area contributed by atoms with E-state index in [2.05, 4.69) is 36.5 Å². The van der Waals surface area contributed by atoms with Gasteiger partial charge >= 0.3 is 0 Å². The molecule has 30 heavy (non-hydrogen) atoms. The molecule has 0 bridgehead atoms. The van der Waals surface area contributed by atoms with Crippen molar-refractivity contribution in [3.05, 3.63) is 101 Å². The van der Waals surface area contributed by atoms with Crippen molar-refractivity contribution in [3.8, 4) is 11.4 Å². The van der Waals surface area contributed by atoms with Gasteiger partial charge in [-0.3, -0.25) is 4.79 Å². The second-order valence-electron chi connectivity index (χ2n) is 6.45. The van der Waals surface area contributed by atoms with Crippen LogP contribution in [0.3, 0.4) is 0 Å². The molecule has 4 aromatic rings. The van der Waals surface area contributed by atoms with Crippen molar-refractivity contribution in [2.75, 3.05) is 10.6 Å². The zero-order chi connectivity index (χ0) is 20.9. The molecule has 0 aliphatic carbocycles. The fraction of sp³-hybridized carbons (Fsp3) is 0. The van der Waals surface area contributed by atoms with Crippen LogP contribution in [0.5, 0.6) is 0 Å². The SMILES string of the molecule is O=C(Nc1cccc(Br)c1)c1cccc(Nc2ccnc(-c3cccc(F)c3)n2)c1. The van der Waals surface area contributed by atoms with Gasteiger partial charge in [-0.25, -0.2) is 14.4 Å². The Morgan fingerprint density at radius 1 is 0.900 bits per heavy atom. The van der Waals surface area contributed by atoms with E-state index in [-0.39, 0.29) is 11.7 Å². The lowest BCUT2D eigenvalue weighted by molar-refractivity contribution is 0.102. The van der Waals surface area contributed by atoms with Crippen LogP contribution in [0.1, 0.15) is 10.4 Å². The Hall–Kier alpha value is -3.58. The van der Waals surface area contributed by atoms with Crippen molar-refractivity contribution in [1.29, 1.82) is 0 Å². The molecule has 0 fully saturated rings. The molecule has 1 amide bonds. The minimum atomic E-state index is -0.348.